The number of amides is 2. The predicted octanol–water partition coefficient (Wildman–Crippen LogP) is 2.54. The van der Waals surface area contributed by atoms with Gasteiger partial charge in [-0.1, -0.05) is 30.3 Å². The van der Waals surface area contributed by atoms with Gasteiger partial charge in [0.1, 0.15) is 5.75 Å². The van der Waals surface area contributed by atoms with E-state index in [1.165, 1.54) is 7.11 Å². The molecule has 2 N–H and O–H groups in total. The number of benzene rings is 2. The molecule has 1 heterocycles. The van der Waals surface area contributed by atoms with Gasteiger partial charge in [-0.05, 0) is 37.9 Å². The van der Waals surface area contributed by atoms with Gasteiger partial charge in [0.2, 0.25) is 0 Å². The molecule has 7 nitrogen and oxygen atoms in total. The molecule has 0 saturated carbocycles. The summed E-state index contributed by atoms with van der Waals surface area (Å²) in [6, 6.07) is 15.0. The molecule has 0 radical (unpaired) electrons. The molecule has 29 heavy (non-hydrogen) atoms. The third-order valence-corrected chi connectivity index (χ3v) is 4.93. The quantitative estimate of drug-likeness (QED) is 0.630. The number of anilines is 1. The Labute approximate surface area is 170 Å². The molecule has 0 aliphatic rings. The number of methoxy groups -OCH3 is 1. The summed E-state index contributed by atoms with van der Waals surface area (Å²) in [5.74, 6) is -0.927. The molecule has 152 valence electrons. The lowest BCUT2D eigenvalue weighted by Gasteiger charge is -2.24. The highest BCUT2D eigenvalue weighted by Crippen LogP contribution is 2.28. The Kier molecular flexibility index (Phi) is 6.19. The number of hydrogen-bond donors (Lipinski definition) is 2. The van der Waals surface area contributed by atoms with Crippen LogP contribution in [0.4, 0.5) is 5.69 Å². The Morgan fingerprint density at radius 1 is 1.07 bits per heavy atom. The molecule has 7 heteroatoms. The average molecular weight is 394 g/mol. The number of likely N-dealkylation sites (N-methyl/N-ethyl adjacent to an activating group) is 1. The number of carbonyl (C=O) groups is 2. The Hall–Kier alpha value is -3.32. The Morgan fingerprint density at radius 3 is 2.48 bits per heavy atom. The fraction of sp³-hybridized carbons (Fsp3) is 0.273. The van der Waals surface area contributed by atoms with Crippen molar-refractivity contribution in [2.75, 3.05) is 33.1 Å². The van der Waals surface area contributed by atoms with Crippen LogP contribution in [0.25, 0.3) is 10.9 Å². The van der Waals surface area contributed by atoms with Crippen LogP contribution in [0.15, 0.2) is 54.7 Å². The van der Waals surface area contributed by atoms with Crippen LogP contribution < -0.4 is 15.4 Å². The van der Waals surface area contributed by atoms with E-state index in [0.717, 1.165) is 16.5 Å². The SMILES string of the molecule is COc1ccccc1NC(=O)C(=O)NC[C@@H](c1cn(C)c2ccccc12)N(C)C. The van der Waals surface area contributed by atoms with Gasteiger partial charge >= 0.3 is 11.8 Å². The van der Waals surface area contributed by atoms with Gasteiger partial charge in [-0.3, -0.25) is 9.59 Å². The highest BCUT2D eigenvalue weighted by molar-refractivity contribution is 6.39. The Balaban J connectivity index is 1.72. The lowest BCUT2D eigenvalue weighted by atomic mass is 10.0. The minimum Gasteiger partial charge on any atom is -0.495 e. The van der Waals surface area contributed by atoms with Crippen molar-refractivity contribution in [1.82, 2.24) is 14.8 Å². The van der Waals surface area contributed by atoms with E-state index in [1.54, 1.807) is 24.3 Å². The largest absolute Gasteiger partial charge is 0.495 e. The predicted molar refractivity (Wildman–Crippen MR) is 114 cm³/mol. The molecule has 3 aromatic rings. The van der Waals surface area contributed by atoms with Crippen molar-refractivity contribution in [2.24, 2.45) is 7.05 Å². The van der Waals surface area contributed by atoms with Crippen LogP contribution in [0.5, 0.6) is 5.75 Å². The van der Waals surface area contributed by atoms with Crippen LogP contribution in [-0.2, 0) is 16.6 Å². The third kappa shape index (κ3) is 4.41. The van der Waals surface area contributed by atoms with Crippen LogP contribution in [0.2, 0.25) is 0 Å². The normalized spacial score (nSPS) is 12.0. The molecule has 0 spiro atoms. The fourth-order valence-electron chi connectivity index (χ4n) is 3.41. The van der Waals surface area contributed by atoms with Gasteiger partial charge in [-0.2, -0.15) is 0 Å². The summed E-state index contributed by atoms with van der Waals surface area (Å²) in [7, 11) is 7.41. The van der Waals surface area contributed by atoms with Crippen molar-refractivity contribution in [1.29, 1.82) is 0 Å². The van der Waals surface area contributed by atoms with E-state index in [2.05, 4.69) is 33.5 Å². The first kappa shape index (κ1) is 20.4. The molecule has 0 fully saturated rings. The van der Waals surface area contributed by atoms with E-state index >= 15 is 0 Å². The van der Waals surface area contributed by atoms with Crippen LogP contribution in [-0.4, -0.2) is 49.0 Å². The summed E-state index contributed by atoms with van der Waals surface area (Å²) in [5.41, 5.74) is 2.67. The number of nitrogens with one attached hydrogen (secondary N) is 2. The minimum absolute atomic E-state index is 0.0795. The molecule has 2 amide bonds. The first-order valence-corrected chi connectivity index (χ1v) is 9.35. The molecule has 1 aromatic heterocycles. The van der Waals surface area contributed by atoms with Gasteiger partial charge < -0.3 is 24.8 Å². The minimum atomic E-state index is -0.732. The van der Waals surface area contributed by atoms with Gasteiger partial charge in [-0.15, -0.1) is 0 Å². The smallest absolute Gasteiger partial charge is 0.313 e. The highest BCUT2D eigenvalue weighted by atomic mass is 16.5. The molecular formula is C22H26N4O3. The third-order valence-electron chi connectivity index (χ3n) is 4.93. The number of aromatic nitrogens is 1. The van der Waals surface area contributed by atoms with Crippen LogP contribution >= 0.6 is 0 Å². The van der Waals surface area contributed by atoms with E-state index in [4.69, 9.17) is 4.74 Å². The van der Waals surface area contributed by atoms with Gasteiger partial charge in [0, 0.05) is 30.7 Å². The zero-order valence-corrected chi connectivity index (χ0v) is 17.1. The molecular weight excluding hydrogens is 368 g/mol. The number of hydrogen-bond acceptors (Lipinski definition) is 4. The highest BCUT2D eigenvalue weighted by Gasteiger charge is 2.22. The second-order valence-electron chi connectivity index (χ2n) is 7.06. The van der Waals surface area contributed by atoms with Gasteiger partial charge in [-0.25, -0.2) is 0 Å². The lowest BCUT2D eigenvalue weighted by Crippen LogP contribution is -2.40. The van der Waals surface area contributed by atoms with Crippen LogP contribution in [0, 0.1) is 0 Å². The average Bonchev–Trinajstić information content (AvgIpc) is 3.05. The Morgan fingerprint density at radius 2 is 1.76 bits per heavy atom. The zero-order valence-electron chi connectivity index (χ0n) is 17.1. The van der Waals surface area contributed by atoms with E-state index in [-0.39, 0.29) is 6.04 Å². The summed E-state index contributed by atoms with van der Waals surface area (Å²) < 4.78 is 7.27. The van der Waals surface area contributed by atoms with Crippen molar-refractivity contribution in [3.8, 4) is 5.75 Å². The molecule has 1 atom stereocenters. The maximum Gasteiger partial charge on any atom is 0.313 e. The van der Waals surface area contributed by atoms with Crippen LogP contribution in [0.1, 0.15) is 11.6 Å². The van der Waals surface area contributed by atoms with Gasteiger partial charge in [0.05, 0.1) is 18.8 Å². The van der Waals surface area contributed by atoms with Crippen molar-refractivity contribution in [3.63, 3.8) is 0 Å². The number of ether oxygens (including phenoxy) is 1. The van der Waals surface area contributed by atoms with E-state index < -0.39 is 11.8 Å². The summed E-state index contributed by atoms with van der Waals surface area (Å²) in [6.45, 7) is 0.305. The number of carbonyl (C=O) groups excluding carboxylic acids is 2. The Bertz CT molecular complexity index is 1030. The summed E-state index contributed by atoms with van der Waals surface area (Å²) in [5, 5.41) is 6.47. The van der Waals surface area contributed by atoms with Crippen molar-refractivity contribution in [2.45, 2.75) is 6.04 Å². The van der Waals surface area contributed by atoms with Crippen LogP contribution in [0.3, 0.4) is 0 Å². The first-order chi connectivity index (χ1) is 13.9. The van der Waals surface area contributed by atoms with Crippen molar-refractivity contribution in [3.05, 3.63) is 60.3 Å². The summed E-state index contributed by atoms with van der Waals surface area (Å²) in [4.78, 5) is 26.7. The number of aryl methyl sites for hydroxylation is 1. The molecule has 0 unspecified atom stereocenters. The molecule has 0 bridgehead atoms. The molecule has 3 rings (SSSR count). The zero-order chi connectivity index (χ0) is 21.0. The monoisotopic (exact) mass is 394 g/mol. The number of rotatable bonds is 6. The molecule has 0 aliphatic heterocycles. The summed E-state index contributed by atoms with van der Waals surface area (Å²) >= 11 is 0. The van der Waals surface area contributed by atoms with E-state index in [1.807, 2.05) is 38.2 Å². The van der Waals surface area contributed by atoms with Crippen molar-refractivity contribution >= 4 is 28.4 Å². The standard InChI is InChI=1S/C22H26N4O3/c1-25(2)19(16-14-26(3)18-11-7-5-9-15(16)18)13-23-21(27)22(28)24-17-10-6-8-12-20(17)29-4/h5-12,14,19H,13H2,1-4H3,(H,23,27)(H,24,28)/t19-/m0/s1. The second-order valence-corrected chi connectivity index (χ2v) is 7.06. The number of nitrogens with zero attached hydrogens (tertiary/aromatic N) is 2. The van der Waals surface area contributed by atoms with E-state index in [0.29, 0.717) is 18.0 Å². The first-order valence-electron chi connectivity index (χ1n) is 9.35. The van der Waals surface area contributed by atoms with E-state index in [9.17, 15) is 9.59 Å². The maximum absolute atomic E-state index is 12.4. The fourth-order valence-corrected chi connectivity index (χ4v) is 3.41. The number of fused-ring (bicyclic) bond motifs is 1. The topological polar surface area (TPSA) is 75.6 Å². The second kappa shape index (κ2) is 8.79. The van der Waals surface area contributed by atoms with Crippen molar-refractivity contribution < 1.29 is 14.3 Å². The van der Waals surface area contributed by atoms with Gasteiger partial charge in [0.15, 0.2) is 0 Å². The van der Waals surface area contributed by atoms with Gasteiger partial charge in [0.25, 0.3) is 0 Å². The lowest BCUT2D eigenvalue weighted by molar-refractivity contribution is -0.136. The molecule has 0 aliphatic carbocycles. The maximum atomic E-state index is 12.4. The summed E-state index contributed by atoms with van der Waals surface area (Å²) in [6.07, 6.45) is 2.07. The molecule has 0 saturated heterocycles. The number of para-hydroxylation sites is 3. The molecule has 2 aromatic carbocycles.